The van der Waals surface area contributed by atoms with E-state index in [1.165, 1.54) is 167 Å². The van der Waals surface area contributed by atoms with Gasteiger partial charge in [0.25, 0.3) is 0 Å². The molecule has 0 aliphatic rings. The lowest BCUT2D eigenvalue weighted by molar-refractivity contribution is -0.161. The SMILES string of the molecule is CCCCCCCCCCCCCCCCCCCCCCCCC(=O)O[C@H](COC(=O)CCCCCCCCCCC(C)C)COP(=O)(O)OC[C@@H](O)COP(=O)(O)OC[C@@H](COC(=O)CCCCCCC)OC(=O)CCCCCCCCCCC. The predicted molar refractivity (Wildman–Crippen MR) is 349 cm³/mol. The Hall–Kier alpha value is -1.94. The second kappa shape index (κ2) is 61.6. The fourth-order valence-corrected chi connectivity index (χ4v) is 11.9. The molecule has 5 atom stereocenters. The second-order valence-corrected chi connectivity index (χ2v) is 27.9. The van der Waals surface area contributed by atoms with Gasteiger partial charge in [-0.3, -0.25) is 37.3 Å². The third-order valence-corrected chi connectivity index (χ3v) is 17.7. The molecule has 0 bridgehead atoms. The monoisotopic (exact) mass is 1280 g/mol. The van der Waals surface area contributed by atoms with Crippen LogP contribution in [0.5, 0.6) is 0 Å². The number of carbonyl (C=O) groups excluding carboxylic acids is 4. The highest BCUT2D eigenvalue weighted by molar-refractivity contribution is 7.47. The minimum Gasteiger partial charge on any atom is -0.462 e. The van der Waals surface area contributed by atoms with E-state index in [-0.39, 0.29) is 25.7 Å². The first-order valence-electron chi connectivity index (χ1n) is 35.6. The normalized spacial score (nSPS) is 14.1. The van der Waals surface area contributed by atoms with Crippen molar-refractivity contribution in [3.8, 4) is 0 Å². The van der Waals surface area contributed by atoms with E-state index in [2.05, 4.69) is 34.6 Å². The van der Waals surface area contributed by atoms with Gasteiger partial charge in [-0.1, -0.05) is 298 Å². The Bertz CT molecular complexity index is 1690. The molecule has 0 radical (unpaired) electrons. The summed E-state index contributed by atoms with van der Waals surface area (Å²) in [5.74, 6) is -1.42. The summed E-state index contributed by atoms with van der Waals surface area (Å²) in [5.41, 5.74) is 0. The molecule has 0 aromatic heterocycles. The topological polar surface area (TPSA) is 237 Å². The Morgan fingerprint density at radius 2 is 0.529 bits per heavy atom. The maximum absolute atomic E-state index is 13.0. The number of aliphatic hydroxyl groups excluding tert-OH is 1. The summed E-state index contributed by atoms with van der Waals surface area (Å²) in [5, 5.41) is 10.5. The van der Waals surface area contributed by atoms with E-state index in [1.807, 2.05) is 0 Å². The van der Waals surface area contributed by atoms with Crippen molar-refractivity contribution in [2.45, 2.75) is 368 Å². The number of aliphatic hydroxyl groups is 1. The average molecular weight is 1280 g/mol. The Labute approximate surface area is 530 Å². The molecule has 3 N–H and O–H groups in total. The number of hydrogen-bond donors (Lipinski definition) is 3. The Balaban J connectivity index is 5.06. The molecule has 516 valence electrons. The van der Waals surface area contributed by atoms with Gasteiger partial charge >= 0.3 is 39.5 Å². The third-order valence-electron chi connectivity index (χ3n) is 15.8. The Morgan fingerprint density at radius 1 is 0.310 bits per heavy atom. The van der Waals surface area contributed by atoms with Crippen molar-refractivity contribution in [2.24, 2.45) is 5.92 Å². The van der Waals surface area contributed by atoms with Crippen LogP contribution in [0, 0.1) is 5.92 Å². The molecule has 19 heteroatoms. The van der Waals surface area contributed by atoms with E-state index >= 15 is 0 Å². The predicted octanol–water partition coefficient (Wildman–Crippen LogP) is 19.4. The molecule has 0 heterocycles. The van der Waals surface area contributed by atoms with E-state index in [1.54, 1.807) is 0 Å². The van der Waals surface area contributed by atoms with Crippen LogP contribution in [0.15, 0.2) is 0 Å². The van der Waals surface area contributed by atoms with Gasteiger partial charge in [0.15, 0.2) is 12.2 Å². The molecule has 2 unspecified atom stereocenters. The van der Waals surface area contributed by atoms with Crippen LogP contribution < -0.4 is 0 Å². The first kappa shape index (κ1) is 85.1. The number of rotatable bonds is 68. The molecule has 0 amide bonds. The van der Waals surface area contributed by atoms with E-state index in [4.69, 9.17) is 37.0 Å². The maximum Gasteiger partial charge on any atom is 0.472 e. The number of phosphoric ester groups is 2. The number of unbranched alkanes of at least 4 members (excludes halogenated alkanes) is 40. The molecule has 0 fully saturated rings. The first-order chi connectivity index (χ1) is 42.0. The van der Waals surface area contributed by atoms with Crippen LogP contribution in [0.2, 0.25) is 0 Å². The summed E-state index contributed by atoms with van der Waals surface area (Å²) in [4.78, 5) is 72.0. The largest absolute Gasteiger partial charge is 0.472 e. The van der Waals surface area contributed by atoms with E-state index < -0.39 is 97.5 Å². The highest BCUT2D eigenvalue weighted by Gasteiger charge is 2.30. The van der Waals surface area contributed by atoms with Gasteiger partial charge in [0.05, 0.1) is 26.4 Å². The zero-order valence-corrected chi connectivity index (χ0v) is 57.9. The number of ether oxygens (including phenoxy) is 4. The van der Waals surface area contributed by atoms with Gasteiger partial charge in [0.2, 0.25) is 0 Å². The lowest BCUT2D eigenvalue weighted by Crippen LogP contribution is -2.30. The van der Waals surface area contributed by atoms with Crippen molar-refractivity contribution >= 4 is 39.5 Å². The smallest absolute Gasteiger partial charge is 0.462 e. The molecule has 0 aromatic rings. The van der Waals surface area contributed by atoms with Gasteiger partial charge in [-0.05, 0) is 31.6 Å². The minimum atomic E-state index is -4.95. The van der Waals surface area contributed by atoms with Crippen molar-refractivity contribution in [1.82, 2.24) is 0 Å². The molecule has 0 rings (SSSR count). The summed E-state index contributed by atoms with van der Waals surface area (Å²) in [6.07, 6.45) is 47.9. The Kier molecular flexibility index (Phi) is 60.2. The van der Waals surface area contributed by atoms with Crippen LogP contribution >= 0.6 is 15.6 Å². The first-order valence-corrected chi connectivity index (χ1v) is 38.6. The summed E-state index contributed by atoms with van der Waals surface area (Å²) in [7, 11) is -9.88. The molecule has 0 aliphatic heterocycles. The molecular weight excluding hydrogens is 1150 g/mol. The summed E-state index contributed by atoms with van der Waals surface area (Å²) in [6, 6.07) is 0. The molecule has 0 saturated heterocycles. The van der Waals surface area contributed by atoms with Crippen molar-refractivity contribution < 1.29 is 80.2 Å². The zero-order valence-electron chi connectivity index (χ0n) is 56.2. The van der Waals surface area contributed by atoms with Crippen LogP contribution in [0.3, 0.4) is 0 Å². The number of hydrogen-bond acceptors (Lipinski definition) is 15. The standard InChI is InChI=1S/C68H132O17P2/c1-6-9-12-15-17-19-20-21-22-23-24-25-26-27-28-29-30-31-33-39-44-49-54-68(73)85-64(58-79-66(71)52-47-42-37-35-34-36-41-45-50-61(4)5)60-83-87(76,77)81-56-62(69)55-80-86(74,75)82-59-63(57-78-65(70)51-46-40-14-11-8-3)84-67(72)53-48-43-38-32-18-16-13-10-7-2/h61-64,69H,6-60H2,1-5H3,(H,74,75)(H,76,77)/t62-,63+,64+/m0/s1. The van der Waals surface area contributed by atoms with Crippen LogP contribution in [-0.4, -0.2) is 96.7 Å². The molecule has 0 aromatic carbocycles. The van der Waals surface area contributed by atoms with Gasteiger partial charge in [-0.15, -0.1) is 0 Å². The van der Waals surface area contributed by atoms with Gasteiger partial charge in [0.1, 0.15) is 19.3 Å². The molecule has 0 spiro atoms. The highest BCUT2D eigenvalue weighted by Crippen LogP contribution is 2.45. The molecule has 0 aliphatic carbocycles. The minimum absolute atomic E-state index is 0.105. The molecule has 17 nitrogen and oxygen atoms in total. The van der Waals surface area contributed by atoms with Crippen LogP contribution in [-0.2, 0) is 65.4 Å². The molecule has 0 saturated carbocycles. The van der Waals surface area contributed by atoms with Gasteiger partial charge in [0, 0.05) is 25.7 Å². The fraction of sp³-hybridized carbons (Fsp3) is 0.941. The summed E-state index contributed by atoms with van der Waals surface area (Å²) >= 11 is 0. The average Bonchev–Trinajstić information content (AvgIpc) is 3.54. The number of phosphoric acid groups is 2. The van der Waals surface area contributed by atoms with Gasteiger partial charge in [-0.25, -0.2) is 9.13 Å². The third kappa shape index (κ3) is 62.6. The van der Waals surface area contributed by atoms with Crippen LogP contribution in [0.25, 0.3) is 0 Å². The maximum atomic E-state index is 13.0. The number of esters is 4. The van der Waals surface area contributed by atoms with Crippen LogP contribution in [0.1, 0.15) is 349 Å². The van der Waals surface area contributed by atoms with Crippen molar-refractivity contribution in [3.63, 3.8) is 0 Å². The summed E-state index contributed by atoms with van der Waals surface area (Å²) < 4.78 is 67.9. The zero-order chi connectivity index (χ0) is 64.2. The summed E-state index contributed by atoms with van der Waals surface area (Å²) in [6.45, 7) is 7.08. The van der Waals surface area contributed by atoms with Crippen molar-refractivity contribution in [2.75, 3.05) is 39.6 Å². The lowest BCUT2D eigenvalue weighted by Gasteiger charge is -2.21. The van der Waals surface area contributed by atoms with Gasteiger partial charge in [-0.2, -0.15) is 0 Å². The molecular formula is C68H132O17P2. The van der Waals surface area contributed by atoms with Gasteiger partial charge < -0.3 is 33.8 Å². The van der Waals surface area contributed by atoms with Crippen molar-refractivity contribution in [1.29, 1.82) is 0 Å². The Morgan fingerprint density at radius 3 is 0.782 bits per heavy atom. The van der Waals surface area contributed by atoms with E-state index in [0.29, 0.717) is 25.7 Å². The highest BCUT2D eigenvalue weighted by atomic mass is 31.2. The second-order valence-electron chi connectivity index (χ2n) is 25.0. The van der Waals surface area contributed by atoms with Crippen LogP contribution in [0.4, 0.5) is 0 Å². The molecule has 87 heavy (non-hydrogen) atoms. The quantitative estimate of drug-likeness (QED) is 0.0222. The fourth-order valence-electron chi connectivity index (χ4n) is 10.3. The van der Waals surface area contributed by atoms with E-state index in [0.717, 1.165) is 102 Å². The lowest BCUT2D eigenvalue weighted by atomic mass is 10.0. The van der Waals surface area contributed by atoms with Crippen molar-refractivity contribution in [3.05, 3.63) is 0 Å². The number of carbonyl (C=O) groups is 4. The van der Waals surface area contributed by atoms with E-state index in [9.17, 15) is 43.2 Å².